The molecule has 0 N–H and O–H groups in total. The standard InChI is InChI=1S/C15H21BrFN/c1-18(10-12-5-3-2-4-6-12)11-13-7-8-14(17)9-15(13)16/h7-9,12H,2-6,10-11H2,1H3. The van der Waals surface area contributed by atoms with E-state index in [-0.39, 0.29) is 5.82 Å². The van der Waals surface area contributed by atoms with Crippen LogP contribution >= 0.6 is 15.9 Å². The van der Waals surface area contributed by atoms with Crippen LogP contribution in [0, 0.1) is 11.7 Å². The molecular weight excluding hydrogens is 293 g/mol. The van der Waals surface area contributed by atoms with Crippen LogP contribution in [0.15, 0.2) is 22.7 Å². The average Bonchev–Trinajstić information content (AvgIpc) is 2.34. The lowest BCUT2D eigenvalue weighted by molar-refractivity contribution is 0.228. The molecule has 1 saturated carbocycles. The van der Waals surface area contributed by atoms with Gasteiger partial charge in [0, 0.05) is 17.6 Å². The first-order valence-electron chi connectivity index (χ1n) is 6.77. The van der Waals surface area contributed by atoms with Crippen LogP contribution in [-0.4, -0.2) is 18.5 Å². The van der Waals surface area contributed by atoms with E-state index < -0.39 is 0 Å². The Hall–Kier alpha value is -0.410. The number of benzene rings is 1. The molecule has 0 radical (unpaired) electrons. The first-order chi connectivity index (χ1) is 8.65. The molecule has 0 heterocycles. The Morgan fingerprint density at radius 3 is 2.67 bits per heavy atom. The highest BCUT2D eigenvalue weighted by molar-refractivity contribution is 9.10. The monoisotopic (exact) mass is 313 g/mol. The average molecular weight is 314 g/mol. The van der Waals surface area contributed by atoms with Crippen molar-refractivity contribution in [3.05, 3.63) is 34.1 Å². The van der Waals surface area contributed by atoms with Crippen LogP contribution in [0.2, 0.25) is 0 Å². The quantitative estimate of drug-likeness (QED) is 0.785. The molecule has 1 aliphatic carbocycles. The highest BCUT2D eigenvalue weighted by Crippen LogP contribution is 2.25. The molecule has 100 valence electrons. The Morgan fingerprint density at radius 1 is 1.28 bits per heavy atom. The fourth-order valence-electron chi connectivity index (χ4n) is 2.82. The van der Waals surface area contributed by atoms with Crippen molar-refractivity contribution in [1.29, 1.82) is 0 Å². The number of nitrogens with zero attached hydrogens (tertiary/aromatic N) is 1. The molecule has 0 unspecified atom stereocenters. The lowest BCUT2D eigenvalue weighted by atomic mass is 9.89. The van der Waals surface area contributed by atoms with Crippen LogP contribution in [0.25, 0.3) is 0 Å². The zero-order valence-electron chi connectivity index (χ0n) is 11.0. The van der Waals surface area contributed by atoms with Crippen molar-refractivity contribution in [3.8, 4) is 0 Å². The summed E-state index contributed by atoms with van der Waals surface area (Å²) in [7, 11) is 2.16. The molecule has 1 nitrogen and oxygen atoms in total. The Kier molecular flexibility index (Phi) is 5.19. The largest absolute Gasteiger partial charge is 0.302 e. The molecule has 1 aromatic rings. The maximum atomic E-state index is 13.0. The summed E-state index contributed by atoms with van der Waals surface area (Å²) in [6, 6.07) is 4.95. The second kappa shape index (κ2) is 6.67. The third kappa shape index (κ3) is 4.06. The predicted octanol–water partition coefficient (Wildman–Crippen LogP) is 4.60. The van der Waals surface area contributed by atoms with Crippen LogP contribution in [-0.2, 0) is 6.54 Å². The van der Waals surface area contributed by atoms with E-state index >= 15 is 0 Å². The molecule has 0 bridgehead atoms. The summed E-state index contributed by atoms with van der Waals surface area (Å²) in [4.78, 5) is 2.36. The lowest BCUT2D eigenvalue weighted by Gasteiger charge is -2.27. The minimum atomic E-state index is -0.180. The van der Waals surface area contributed by atoms with Gasteiger partial charge in [-0.15, -0.1) is 0 Å². The fourth-order valence-corrected chi connectivity index (χ4v) is 3.29. The molecule has 0 aliphatic heterocycles. The maximum Gasteiger partial charge on any atom is 0.124 e. The number of hydrogen-bond acceptors (Lipinski definition) is 1. The van der Waals surface area contributed by atoms with Crippen LogP contribution in [0.3, 0.4) is 0 Å². The SMILES string of the molecule is CN(Cc1ccc(F)cc1Br)CC1CCCCC1. The van der Waals surface area contributed by atoms with Crippen LogP contribution < -0.4 is 0 Å². The summed E-state index contributed by atoms with van der Waals surface area (Å²) in [6.45, 7) is 2.04. The van der Waals surface area contributed by atoms with Crippen LogP contribution in [0.4, 0.5) is 4.39 Å². The summed E-state index contributed by atoms with van der Waals surface area (Å²) in [5.74, 6) is 0.670. The predicted molar refractivity (Wildman–Crippen MR) is 77.0 cm³/mol. The summed E-state index contributed by atoms with van der Waals surface area (Å²) in [5, 5.41) is 0. The van der Waals surface area contributed by atoms with E-state index in [0.29, 0.717) is 0 Å². The van der Waals surface area contributed by atoms with E-state index in [9.17, 15) is 4.39 Å². The van der Waals surface area contributed by atoms with Gasteiger partial charge in [-0.3, -0.25) is 0 Å². The van der Waals surface area contributed by atoms with Gasteiger partial charge in [0.1, 0.15) is 5.82 Å². The fraction of sp³-hybridized carbons (Fsp3) is 0.600. The van der Waals surface area contributed by atoms with Gasteiger partial charge < -0.3 is 4.90 Å². The molecular formula is C15H21BrFN. The van der Waals surface area contributed by atoms with E-state index in [4.69, 9.17) is 0 Å². The van der Waals surface area contributed by atoms with Gasteiger partial charge in [0.25, 0.3) is 0 Å². The van der Waals surface area contributed by atoms with Gasteiger partial charge in [-0.1, -0.05) is 41.3 Å². The third-order valence-corrected chi connectivity index (χ3v) is 4.49. The number of rotatable bonds is 4. The Morgan fingerprint density at radius 2 is 2.00 bits per heavy atom. The molecule has 2 rings (SSSR count). The molecule has 0 amide bonds. The van der Waals surface area contributed by atoms with Gasteiger partial charge in [0.05, 0.1) is 0 Å². The van der Waals surface area contributed by atoms with Crippen LogP contribution in [0.1, 0.15) is 37.7 Å². The molecule has 1 aromatic carbocycles. The van der Waals surface area contributed by atoms with Gasteiger partial charge in [0.2, 0.25) is 0 Å². The van der Waals surface area contributed by atoms with Crippen molar-refractivity contribution < 1.29 is 4.39 Å². The summed E-state index contributed by atoms with van der Waals surface area (Å²) >= 11 is 3.43. The summed E-state index contributed by atoms with van der Waals surface area (Å²) in [5.41, 5.74) is 1.16. The van der Waals surface area contributed by atoms with Crippen molar-refractivity contribution in [1.82, 2.24) is 4.90 Å². The maximum absolute atomic E-state index is 13.0. The lowest BCUT2D eigenvalue weighted by Crippen LogP contribution is -2.26. The molecule has 0 spiro atoms. The second-order valence-corrected chi connectivity index (χ2v) is 6.29. The summed E-state index contributed by atoms with van der Waals surface area (Å²) in [6.07, 6.45) is 6.92. The first-order valence-corrected chi connectivity index (χ1v) is 7.57. The second-order valence-electron chi connectivity index (χ2n) is 5.44. The van der Waals surface area contributed by atoms with E-state index in [2.05, 4.69) is 27.9 Å². The Balaban J connectivity index is 1.87. The van der Waals surface area contributed by atoms with Gasteiger partial charge in [0.15, 0.2) is 0 Å². The highest BCUT2D eigenvalue weighted by Gasteiger charge is 2.15. The van der Waals surface area contributed by atoms with Crippen molar-refractivity contribution in [3.63, 3.8) is 0 Å². The van der Waals surface area contributed by atoms with Gasteiger partial charge in [-0.2, -0.15) is 0 Å². The molecule has 18 heavy (non-hydrogen) atoms. The Bertz CT molecular complexity index is 388. The minimum Gasteiger partial charge on any atom is -0.302 e. The van der Waals surface area contributed by atoms with Crippen molar-refractivity contribution in [2.75, 3.05) is 13.6 Å². The third-order valence-electron chi connectivity index (χ3n) is 3.75. The molecule has 0 atom stereocenters. The van der Waals surface area contributed by atoms with E-state index in [0.717, 1.165) is 29.0 Å². The number of halogens is 2. The van der Waals surface area contributed by atoms with Crippen molar-refractivity contribution >= 4 is 15.9 Å². The highest BCUT2D eigenvalue weighted by atomic mass is 79.9. The van der Waals surface area contributed by atoms with E-state index in [1.165, 1.54) is 38.2 Å². The minimum absolute atomic E-state index is 0.180. The topological polar surface area (TPSA) is 3.24 Å². The molecule has 0 saturated heterocycles. The summed E-state index contributed by atoms with van der Waals surface area (Å²) < 4.78 is 13.9. The normalized spacial score (nSPS) is 17.3. The van der Waals surface area contributed by atoms with E-state index in [1.54, 1.807) is 6.07 Å². The van der Waals surface area contributed by atoms with Gasteiger partial charge >= 0.3 is 0 Å². The molecule has 1 aliphatic rings. The number of hydrogen-bond donors (Lipinski definition) is 0. The molecule has 3 heteroatoms. The first kappa shape index (κ1) is 14.0. The van der Waals surface area contributed by atoms with Gasteiger partial charge in [-0.25, -0.2) is 4.39 Å². The zero-order chi connectivity index (χ0) is 13.0. The Labute approximate surface area is 118 Å². The smallest absolute Gasteiger partial charge is 0.124 e. The van der Waals surface area contributed by atoms with E-state index in [1.807, 2.05) is 6.07 Å². The molecule has 0 aromatic heterocycles. The van der Waals surface area contributed by atoms with Crippen molar-refractivity contribution in [2.45, 2.75) is 38.6 Å². The zero-order valence-corrected chi connectivity index (χ0v) is 12.5. The van der Waals surface area contributed by atoms with Crippen molar-refractivity contribution in [2.24, 2.45) is 5.92 Å². The van der Waals surface area contributed by atoms with Gasteiger partial charge in [-0.05, 0) is 43.5 Å². The molecule has 1 fully saturated rings. The van der Waals surface area contributed by atoms with Crippen LogP contribution in [0.5, 0.6) is 0 Å².